The third-order valence-electron chi connectivity index (χ3n) is 4.55. The number of sulfonamides is 1. The van der Waals surface area contributed by atoms with E-state index in [0.29, 0.717) is 0 Å². The van der Waals surface area contributed by atoms with Gasteiger partial charge in [-0.25, -0.2) is 21.6 Å². The van der Waals surface area contributed by atoms with E-state index in [1.54, 1.807) is 26.0 Å². The summed E-state index contributed by atoms with van der Waals surface area (Å²) < 4.78 is 55.4. The van der Waals surface area contributed by atoms with Crippen molar-refractivity contribution in [2.45, 2.75) is 48.3 Å². The number of aryl methyl sites for hydroxylation is 1. The van der Waals surface area contributed by atoms with E-state index >= 15 is 0 Å². The molecular formula is C19H20Cl2N4O4S2. The van der Waals surface area contributed by atoms with Gasteiger partial charge in [0.2, 0.25) is 19.9 Å². The molecule has 0 bridgehead atoms. The lowest BCUT2D eigenvalue weighted by atomic mass is 10.2. The predicted molar refractivity (Wildman–Crippen MR) is 118 cm³/mol. The van der Waals surface area contributed by atoms with Crippen molar-refractivity contribution in [2.75, 3.05) is 0 Å². The van der Waals surface area contributed by atoms with Crippen LogP contribution in [-0.4, -0.2) is 31.6 Å². The third kappa shape index (κ3) is 4.78. The van der Waals surface area contributed by atoms with Crippen molar-refractivity contribution in [2.24, 2.45) is 0 Å². The highest BCUT2D eigenvalue weighted by molar-refractivity contribution is 7.91. The number of rotatable bonds is 7. The summed E-state index contributed by atoms with van der Waals surface area (Å²) in [6.45, 7) is 5.35. The highest BCUT2D eigenvalue weighted by atomic mass is 35.5. The molecule has 3 aromatic rings. The fourth-order valence-electron chi connectivity index (χ4n) is 2.94. The molecule has 0 fully saturated rings. The molecule has 166 valence electrons. The summed E-state index contributed by atoms with van der Waals surface area (Å²) in [6.07, 6.45) is 0. The molecule has 0 spiro atoms. The molecule has 0 radical (unpaired) electrons. The molecule has 3 rings (SSSR count). The Bertz CT molecular complexity index is 1320. The minimum atomic E-state index is -3.98. The number of benzene rings is 2. The van der Waals surface area contributed by atoms with Crippen molar-refractivity contribution >= 4 is 43.1 Å². The molecule has 0 saturated heterocycles. The van der Waals surface area contributed by atoms with Crippen LogP contribution in [0.1, 0.15) is 31.3 Å². The average Bonchev–Trinajstić information content (AvgIpc) is 3.15. The standard InChI is InChI=1S/C19H20Cl2N4O4S2/c1-4-25-18(13(3)24-31(28,29)15-9-10-16(20)17(21)11-15)22-23-19(25)30(26,27)14-7-5-12(2)6-8-14/h5-11,13,24H,4H2,1-3H3. The first-order valence-corrected chi connectivity index (χ1v) is 12.9. The largest absolute Gasteiger partial charge is 0.301 e. The molecule has 1 heterocycles. The fourth-order valence-corrected chi connectivity index (χ4v) is 5.89. The van der Waals surface area contributed by atoms with Gasteiger partial charge in [0.15, 0.2) is 5.82 Å². The summed E-state index contributed by atoms with van der Waals surface area (Å²) in [5.41, 5.74) is 0.918. The monoisotopic (exact) mass is 502 g/mol. The van der Waals surface area contributed by atoms with E-state index in [1.165, 1.54) is 34.9 Å². The van der Waals surface area contributed by atoms with Gasteiger partial charge in [-0.1, -0.05) is 40.9 Å². The molecule has 31 heavy (non-hydrogen) atoms. The van der Waals surface area contributed by atoms with Gasteiger partial charge in [-0.3, -0.25) is 0 Å². The normalized spacial score (nSPS) is 13.3. The lowest BCUT2D eigenvalue weighted by Gasteiger charge is -2.16. The highest BCUT2D eigenvalue weighted by Gasteiger charge is 2.29. The quantitative estimate of drug-likeness (QED) is 0.525. The van der Waals surface area contributed by atoms with Gasteiger partial charge in [0.1, 0.15) is 0 Å². The van der Waals surface area contributed by atoms with Crippen LogP contribution in [0, 0.1) is 6.92 Å². The van der Waals surface area contributed by atoms with Crippen LogP contribution in [-0.2, 0) is 26.4 Å². The highest BCUT2D eigenvalue weighted by Crippen LogP contribution is 2.27. The van der Waals surface area contributed by atoms with Crippen LogP contribution in [0.2, 0.25) is 10.0 Å². The van der Waals surface area contributed by atoms with Gasteiger partial charge in [0.05, 0.1) is 25.9 Å². The Morgan fingerprint density at radius 3 is 2.16 bits per heavy atom. The number of halogens is 2. The van der Waals surface area contributed by atoms with Gasteiger partial charge < -0.3 is 4.57 Å². The van der Waals surface area contributed by atoms with Crippen LogP contribution in [0.4, 0.5) is 0 Å². The van der Waals surface area contributed by atoms with Gasteiger partial charge in [0.25, 0.3) is 5.16 Å². The number of aromatic nitrogens is 3. The van der Waals surface area contributed by atoms with Crippen molar-refractivity contribution in [1.82, 2.24) is 19.5 Å². The van der Waals surface area contributed by atoms with E-state index in [9.17, 15) is 16.8 Å². The first-order valence-electron chi connectivity index (χ1n) is 9.19. The van der Waals surface area contributed by atoms with Crippen molar-refractivity contribution in [1.29, 1.82) is 0 Å². The maximum atomic E-state index is 13.0. The van der Waals surface area contributed by atoms with E-state index in [4.69, 9.17) is 23.2 Å². The summed E-state index contributed by atoms with van der Waals surface area (Å²) in [7, 11) is -7.92. The zero-order chi connectivity index (χ0) is 23.0. The van der Waals surface area contributed by atoms with E-state index in [2.05, 4.69) is 14.9 Å². The molecule has 12 heteroatoms. The maximum Gasteiger partial charge on any atom is 0.254 e. The molecule has 1 N–H and O–H groups in total. The van der Waals surface area contributed by atoms with Crippen LogP contribution in [0.25, 0.3) is 0 Å². The summed E-state index contributed by atoms with van der Waals surface area (Å²) in [5.74, 6) is 0.164. The second-order valence-electron chi connectivity index (χ2n) is 6.82. The molecule has 2 aromatic carbocycles. The molecule has 1 atom stereocenters. The molecular weight excluding hydrogens is 483 g/mol. The van der Waals surface area contributed by atoms with Crippen LogP contribution in [0.3, 0.4) is 0 Å². The lowest BCUT2D eigenvalue weighted by Crippen LogP contribution is -2.29. The zero-order valence-corrected chi connectivity index (χ0v) is 20.0. The Morgan fingerprint density at radius 2 is 1.58 bits per heavy atom. The third-order valence-corrected chi connectivity index (χ3v) is 8.51. The van der Waals surface area contributed by atoms with E-state index in [0.717, 1.165) is 5.56 Å². The van der Waals surface area contributed by atoms with Crippen LogP contribution < -0.4 is 4.72 Å². The number of nitrogens with one attached hydrogen (secondary N) is 1. The molecule has 0 saturated carbocycles. The van der Waals surface area contributed by atoms with Gasteiger partial charge in [-0.05, 0) is 51.1 Å². The van der Waals surface area contributed by atoms with E-state index < -0.39 is 25.9 Å². The minimum absolute atomic E-state index is 0.0794. The average molecular weight is 503 g/mol. The second kappa shape index (κ2) is 8.87. The SMILES string of the molecule is CCn1c(C(C)NS(=O)(=O)c2ccc(Cl)c(Cl)c2)nnc1S(=O)(=O)c1ccc(C)cc1. The van der Waals surface area contributed by atoms with Crippen LogP contribution >= 0.6 is 23.2 Å². The Morgan fingerprint density at radius 1 is 0.968 bits per heavy atom. The van der Waals surface area contributed by atoms with Gasteiger partial charge >= 0.3 is 0 Å². The number of hydrogen-bond donors (Lipinski definition) is 1. The van der Waals surface area contributed by atoms with Crippen LogP contribution in [0.15, 0.2) is 57.4 Å². The first-order chi connectivity index (χ1) is 14.5. The summed E-state index contributed by atoms with van der Waals surface area (Å²) >= 11 is 11.8. The predicted octanol–water partition coefficient (Wildman–Crippen LogP) is 3.79. The van der Waals surface area contributed by atoms with Crippen molar-refractivity contribution in [3.05, 3.63) is 63.9 Å². The van der Waals surface area contributed by atoms with Gasteiger partial charge in [-0.15, -0.1) is 10.2 Å². The van der Waals surface area contributed by atoms with E-state index in [-0.39, 0.29) is 37.4 Å². The maximum absolute atomic E-state index is 13.0. The summed E-state index contributed by atoms with van der Waals surface area (Å²) in [6, 6.07) is 9.43. The number of hydrogen-bond acceptors (Lipinski definition) is 6. The Labute approximate surface area is 191 Å². The Kier molecular flexibility index (Phi) is 6.78. The zero-order valence-electron chi connectivity index (χ0n) is 16.9. The molecule has 0 aliphatic rings. The second-order valence-corrected chi connectivity index (χ2v) is 11.2. The lowest BCUT2D eigenvalue weighted by molar-refractivity contribution is 0.531. The smallest absolute Gasteiger partial charge is 0.254 e. The molecule has 8 nitrogen and oxygen atoms in total. The Hall–Kier alpha value is -1.98. The summed E-state index contributed by atoms with van der Waals surface area (Å²) in [4.78, 5) is -0.000367. The fraction of sp³-hybridized carbons (Fsp3) is 0.263. The van der Waals surface area contributed by atoms with Crippen molar-refractivity contribution in [3.8, 4) is 0 Å². The number of sulfone groups is 1. The van der Waals surface area contributed by atoms with Gasteiger partial charge in [0, 0.05) is 6.54 Å². The molecule has 0 aliphatic heterocycles. The topological polar surface area (TPSA) is 111 Å². The minimum Gasteiger partial charge on any atom is -0.301 e. The van der Waals surface area contributed by atoms with Crippen LogP contribution in [0.5, 0.6) is 0 Å². The Balaban J connectivity index is 1.96. The van der Waals surface area contributed by atoms with Gasteiger partial charge in [-0.2, -0.15) is 0 Å². The van der Waals surface area contributed by atoms with E-state index in [1.807, 2.05) is 6.92 Å². The van der Waals surface area contributed by atoms with Crippen molar-refractivity contribution in [3.63, 3.8) is 0 Å². The summed E-state index contributed by atoms with van der Waals surface area (Å²) in [5, 5.41) is 7.89. The molecule has 0 aliphatic carbocycles. The molecule has 1 unspecified atom stereocenters. The first kappa shape index (κ1) is 23.7. The number of nitrogens with zero attached hydrogens (tertiary/aromatic N) is 3. The molecule has 1 aromatic heterocycles. The molecule has 0 amide bonds. The van der Waals surface area contributed by atoms with Crippen molar-refractivity contribution < 1.29 is 16.8 Å².